The van der Waals surface area contributed by atoms with E-state index in [1.54, 1.807) is 28.1 Å². The van der Waals surface area contributed by atoms with Gasteiger partial charge in [0.2, 0.25) is 6.16 Å². The Morgan fingerprint density at radius 1 is 0.867 bits per heavy atom. The van der Waals surface area contributed by atoms with Gasteiger partial charge in [0.15, 0.2) is 11.4 Å². The molecule has 0 fully saturated rings. The number of fused-ring (bicyclic) bond motifs is 2. The zero-order valence-electron chi connectivity index (χ0n) is 26.7. The number of hydrogen-bond donors (Lipinski definition) is 2. The maximum atomic E-state index is 11.9. The number of rotatable bonds is 11. The molecule has 2 aromatic carbocycles. The van der Waals surface area contributed by atoms with Crippen molar-refractivity contribution >= 4 is 55.8 Å². The summed E-state index contributed by atoms with van der Waals surface area (Å²) in [5, 5.41) is 29.0. The van der Waals surface area contributed by atoms with Gasteiger partial charge in [-0.15, -0.1) is 0 Å². The molecule has 4 rings (SSSR count). The summed E-state index contributed by atoms with van der Waals surface area (Å²) in [7, 11) is 3.38. The quantitative estimate of drug-likeness (QED) is 0.0997. The molecular formula is C29H38BrCs2N4O9+. The number of aryl methyl sites for hydroxylation is 1. The number of methoxy groups -OCH3 is 2. The molecule has 16 heteroatoms. The molecule has 45 heavy (non-hydrogen) atoms. The number of nitrogens with one attached hydrogen (secondary N) is 1. The Balaban J connectivity index is 0. The summed E-state index contributed by atoms with van der Waals surface area (Å²) in [6.07, 6.45) is -0.124. The fourth-order valence-electron chi connectivity index (χ4n) is 3.52. The number of benzene rings is 2. The summed E-state index contributed by atoms with van der Waals surface area (Å²) < 4.78 is 21.5. The third-order valence-corrected chi connectivity index (χ3v) is 5.83. The van der Waals surface area contributed by atoms with Crippen molar-refractivity contribution in [1.29, 1.82) is 0 Å². The smallest absolute Gasteiger partial charge is 0.565 e. The van der Waals surface area contributed by atoms with Crippen molar-refractivity contribution in [3.63, 3.8) is 0 Å². The van der Waals surface area contributed by atoms with Gasteiger partial charge in [-0.1, -0.05) is 52.3 Å². The number of H-pyrrole nitrogens is 1. The third kappa shape index (κ3) is 18.4. The van der Waals surface area contributed by atoms with Crippen molar-refractivity contribution in [2.45, 2.75) is 33.2 Å². The first kappa shape index (κ1) is 47.2. The number of esters is 2. The number of carbonyl (C=O) groups is 3. The van der Waals surface area contributed by atoms with Crippen molar-refractivity contribution in [1.82, 2.24) is 20.0 Å². The fourth-order valence-corrected chi connectivity index (χ4v) is 3.75. The third-order valence-electron chi connectivity index (χ3n) is 5.27. The minimum absolute atomic E-state index is 0. The van der Waals surface area contributed by atoms with E-state index < -0.39 is 6.16 Å². The van der Waals surface area contributed by atoms with Crippen LogP contribution < -0.4 is 143 Å². The molecule has 0 saturated heterocycles. The Labute approximate surface area is 388 Å². The Morgan fingerprint density at radius 3 is 1.91 bits per heavy atom. The minimum atomic E-state index is -2.08. The van der Waals surface area contributed by atoms with Crippen LogP contribution in [0, 0.1) is 0 Å². The first-order chi connectivity index (χ1) is 20.7. The molecule has 4 aromatic rings. The minimum Gasteiger partial charge on any atom is -0.565 e. The molecule has 13 nitrogen and oxygen atoms in total. The van der Waals surface area contributed by atoms with Crippen LogP contribution in [-0.2, 0) is 25.5 Å². The van der Waals surface area contributed by atoms with Gasteiger partial charge in [0, 0.05) is 50.1 Å². The number of hydrogen-bond acceptors (Lipinski definition) is 10. The van der Waals surface area contributed by atoms with Gasteiger partial charge in [-0.25, -0.2) is 9.59 Å². The fraction of sp³-hybridized carbons (Fsp3) is 0.414. The summed E-state index contributed by atoms with van der Waals surface area (Å²) in [4.78, 5) is 31.7. The Bertz CT molecular complexity index is 1390. The Morgan fingerprint density at radius 2 is 1.38 bits per heavy atom. The normalized spacial score (nSPS) is 9.53. The van der Waals surface area contributed by atoms with Crippen LogP contribution in [0.25, 0.3) is 21.8 Å². The molecule has 0 bridgehead atoms. The topological polar surface area (TPSA) is 178 Å². The van der Waals surface area contributed by atoms with Crippen molar-refractivity contribution in [3.8, 4) is 0 Å². The van der Waals surface area contributed by atoms with E-state index >= 15 is 0 Å². The largest absolute Gasteiger partial charge is 1.00 e. The molecule has 0 aliphatic heterocycles. The van der Waals surface area contributed by atoms with Crippen molar-refractivity contribution in [3.05, 3.63) is 59.9 Å². The zero-order valence-corrected chi connectivity index (χ0v) is 40.9. The number of halogens is 1. The number of aromatic amines is 1. The van der Waals surface area contributed by atoms with Crippen molar-refractivity contribution in [2.75, 3.05) is 46.0 Å². The summed E-state index contributed by atoms with van der Waals surface area (Å²) in [6.45, 7) is 6.52. The van der Waals surface area contributed by atoms with Crippen LogP contribution in [-0.4, -0.2) is 89.2 Å². The van der Waals surface area contributed by atoms with Crippen LogP contribution in [0.1, 0.15) is 47.7 Å². The van der Waals surface area contributed by atoms with Gasteiger partial charge in [0.25, 0.3) is 0 Å². The Kier molecular flexibility index (Phi) is 30.5. The first-order valence-electron chi connectivity index (χ1n) is 13.4. The van der Waals surface area contributed by atoms with Gasteiger partial charge < -0.3 is 34.0 Å². The number of para-hydroxylation sites is 2. The number of ether oxygens (including phenoxy) is 4. The predicted molar refractivity (Wildman–Crippen MR) is 163 cm³/mol. The van der Waals surface area contributed by atoms with Crippen LogP contribution in [0.5, 0.6) is 0 Å². The van der Waals surface area contributed by atoms with E-state index in [0.717, 1.165) is 46.6 Å². The second kappa shape index (κ2) is 29.0. The maximum Gasteiger partial charge on any atom is 1.00 e. The number of carbonyl (C=O) groups excluding carboxylic acids is 2. The van der Waals surface area contributed by atoms with Crippen molar-refractivity contribution in [2.24, 2.45) is 0 Å². The summed E-state index contributed by atoms with van der Waals surface area (Å²) in [5.74, 6) is -0.755. The molecule has 0 atom stereocenters. The number of aromatic nitrogens is 4. The van der Waals surface area contributed by atoms with Gasteiger partial charge in [-0.05, 0) is 38.8 Å². The average Bonchev–Trinajstić information content (AvgIpc) is 3.59. The molecule has 2 N–H and O–H groups in total. The molecule has 236 valence electrons. The maximum absolute atomic E-state index is 11.9. The molecule has 2 heterocycles. The molecule has 0 spiro atoms. The second-order valence-corrected chi connectivity index (χ2v) is 9.09. The number of alkyl halides is 1. The summed E-state index contributed by atoms with van der Waals surface area (Å²) >= 11 is 3.27. The van der Waals surface area contributed by atoms with E-state index in [2.05, 4.69) is 31.2 Å². The summed E-state index contributed by atoms with van der Waals surface area (Å²) in [5.41, 5.74) is 2.52. The van der Waals surface area contributed by atoms with Crippen LogP contribution >= 0.6 is 15.9 Å². The van der Waals surface area contributed by atoms with Crippen LogP contribution in [0.2, 0.25) is 0 Å². The number of carboxylic acid groups (broad SMARTS) is 2. The second-order valence-electron chi connectivity index (χ2n) is 8.30. The number of nitrogens with zero attached hydrogens (tertiary/aromatic N) is 3. The molecule has 0 radical (unpaired) electrons. The molecule has 0 aliphatic rings. The van der Waals surface area contributed by atoms with Crippen LogP contribution in [0.15, 0.2) is 48.5 Å². The van der Waals surface area contributed by atoms with E-state index in [1.165, 1.54) is 0 Å². The first-order valence-corrected chi connectivity index (χ1v) is 14.5. The summed E-state index contributed by atoms with van der Waals surface area (Å²) in [6, 6.07) is 15.1. The van der Waals surface area contributed by atoms with E-state index in [4.69, 9.17) is 34.0 Å². The Hall–Kier alpha value is 0.0939. The SMILES string of the molecule is CCOC(=O)c1n[nH]c2ccccc12.CCOC(=O)c1nn(CCCOC)c2ccccc12.COCCCBr.O=C([O-])O.[Cs+].[Cs+]. The molecule has 2 aromatic heterocycles. The molecule has 0 unspecified atom stereocenters. The standard InChI is InChI=1S/C14H18N2O3.C10H10N2O2.C4H9BrO.CH2O3.2Cs/c1-3-19-14(17)13-11-7-4-5-8-12(11)16(15-13)9-6-10-18-2;1-2-14-10(13)9-7-5-3-4-6-8(7)11-12-9;1-6-4-2-3-5;2-1(3)4;;/h4-5,7-8H,3,6,9-10H2,1-2H3;3-6H,2H2,1H3,(H,11,12);2-4H2,1H3;(H2,2,3,4);;/q;;;;2*+1/p-1. The zero-order chi connectivity index (χ0) is 32.0. The predicted octanol–water partition coefficient (Wildman–Crippen LogP) is -1.70. The van der Waals surface area contributed by atoms with Gasteiger partial charge in [-0.3, -0.25) is 9.78 Å². The van der Waals surface area contributed by atoms with E-state index in [-0.39, 0.29) is 150 Å². The van der Waals surface area contributed by atoms with Crippen molar-refractivity contribution < 1.29 is 181 Å². The molecular weight excluding hydrogens is 894 g/mol. The average molecular weight is 932 g/mol. The molecule has 0 aliphatic carbocycles. The molecule has 0 saturated carbocycles. The van der Waals surface area contributed by atoms with Crippen LogP contribution in [0.4, 0.5) is 4.79 Å². The molecule has 0 amide bonds. The van der Waals surface area contributed by atoms with E-state index in [9.17, 15) is 9.59 Å². The van der Waals surface area contributed by atoms with Gasteiger partial charge in [0.05, 0.1) is 24.2 Å². The van der Waals surface area contributed by atoms with E-state index in [0.29, 0.717) is 37.8 Å². The van der Waals surface area contributed by atoms with Crippen LogP contribution in [0.3, 0.4) is 0 Å². The van der Waals surface area contributed by atoms with Gasteiger partial charge >= 0.3 is 150 Å². The van der Waals surface area contributed by atoms with Gasteiger partial charge in [-0.2, -0.15) is 10.2 Å². The monoisotopic (exact) mass is 931 g/mol. The van der Waals surface area contributed by atoms with E-state index in [1.807, 2.05) is 53.2 Å². The van der Waals surface area contributed by atoms with Gasteiger partial charge in [0.1, 0.15) is 0 Å².